The van der Waals surface area contributed by atoms with Crippen LogP contribution in [0.2, 0.25) is 5.02 Å². The number of aliphatic hydroxyl groups excluding tert-OH is 1. The molecular formula is C18H22ClN3O. The molecule has 23 heavy (non-hydrogen) atoms. The number of rotatable bonds is 3. The number of piperazine rings is 1. The van der Waals surface area contributed by atoms with Crippen molar-refractivity contribution in [2.24, 2.45) is 0 Å². The van der Waals surface area contributed by atoms with Crippen LogP contribution in [0.1, 0.15) is 17.2 Å². The van der Waals surface area contributed by atoms with Crippen LogP contribution in [-0.4, -0.2) is 43.2 Å². The van der Waals surface area contributed by atoms with E-state index in [9.17, 15) is 5.11 Å². The molecule has 0 radical (unpaired) electrons. The first-order valence-electron chi connectivity index (χ1n) is 7.81. The molecule has 2 aromatic carbocycles. The first kappa shape index (κ1) is 16.1. The predicted molar refractivity (Wildman–Crippen MR) is 96.1 cm³/mol. The average Bonchev–Trinajstić information content (AvgIpc) is 2.56. The van der Waals surface area contributed by atoms with Gasteiger partial charge in [-0.3, -0.25) is 0 Å². The van der Waals surface area contributed by atoms with E-state index < -0.39 is 6.10 Å². The topological polar surface area (TPSA) is 52.7 Å². The summed E-state index contributed by atoms with van der Waals surface area (Å²) in [6.45, 7) is 4.02. The average molecular weight is 332 g/mol. The third-order valence-corrected chi connectivity index (χ3v) is 4.65. The highest BCUT2D eigenvalue weighted by Gasteiger charge is 2.18. The third-order valence-electron chi connectivity index (χ3n) is 4.40. The maximum absolute atomic E-state index is 10.5. The van der Waals surface area contributed by atoms with Gasteiger partial charge in [-0.05, 0) is 42.4 Å². The molecule has 2 aromatic rings. The molecule has 1 aliphatic rings. The van der Waals surface area contributed by atoms with E-state index in [0.717, 1.165) is 43.0 Å². The lowest BCUT2D eigenvalue weighted by Gasteiger charge is -2.34. The molecule has 1 heterocycles. The summed E-state index contributed by atoms with van der Waals surface area (Å²) in [5.74, 6) is 0. The zero-order valence-corrected chi connectivity index (χ0v) is 14.0. The molecule has 122 valence electrons. The van der Waals surface area contributed by atoms with Crippen LogP contribution in [0.15, 0.2) is 42.5 Å². The largest absolute Gasteiger partial charge is 0.397 e. The summed E-state index contributed by atoms with van der Waals surface area (Å²) in [5.41, 5.74) is 9.59. The summed E-state index contributed by atoms with van der Waals surface area (Å²) >= 11 is 5.89. The van der Waals surface area contributed by atoms with E-state index in [-0.39, 0.29) is 0 Å². The van der Waals surface area contributed by atoms with Gasteiger partial charge in [0.1, 0.15) is 6.10 Å². The molecule has 3 rings (SSSR count). The standard InChI is InChI=1S/C18H22ClN3O/c1-21-8-10-22(11-9-21)17-7-4-14(12-16(17)20)18(23)13-2-5-15(19)6-3-13/h2-7,12,18,23H,8-11,20H2,1H3/t18-/m0/s1. The second-order valence-electron chi connectivity index (χ2n) is 6.06. The van der Waals surface area contributed by atoms with Crippen molar-refractivity contribution in [2.45, 2.75) is 6.10 Å². The van der Waals surface area contributed by atoms with Gasteiger partial charge in [0.05, 0.1) is 11.4 Å². The van der Waals surface area contributed by atoms with Crippen molar-refractivity contribution < 1.29 is 5.11 Å². The van der Waals surface area contributed by atoms with Crippen LogP contribution in [0.3, 0.4) is 0 Å². The summed E-state index contributed by atoms with van der Waals surface area (Å²) in [6.07, 6.45) is -0.698. The highest BCUT2D eigenvalue weighted by Crippen LogP contribution is 2.30. The number of likely N-dealkylation sites (N-methyl/N-ethyl adjacent to an activating group) is 1. The molecule has 0 aromatic heterocycles. The Kier molecular flexibility index (Phi) is 4.76. The van der Waals surface area contributed by atoms with E-state index in [0.29, 0.717) is 10.7 Å². The van der Waals surface area contributed by atoms with Gasteiger partial charge in [-0.25, -0.2) is 0 Å². The number of benzene rings is 2. The Bertz CT molecular complexity index is 666. The molecule has 5 heteroatoms. The van der Waals surface area contributed by atoms with E-state index in [4.69, 9.17) is 17.3 Å². The Morgan fingerprint density at radius 3 is 2.22 bits per heavy atom. The summed E-state index contributed by atoms with van der Waals surface area (Å²) < 4.78 is 0. The van der Waals surface area contributed by atoms with Crippen LogP contribution in [0.25, 0.3) is 0 Å². The lowest BCUT2D eigenvalue weighted by molar-refractivity contribution is 0.220. The van der Waals surface area contributed by atoms with Crippen LogP contribution >= 0.6 is 11.6 Å². The number of nitrogen functional groups attached to an aromatic ring is 1. The van der Waals surface area contributed by atoms with Crippen LogP contribution < -0.4 is 10.6 Å². The maximum atomic E-state index is 10.5. The van der Waals surface area contributed by atoms with Crippen molar-refractivity contribution >= 4 is 23.0 Å². The Labute approximate surface area is 142 Å². The van der Waals surface area contributed by atoms with Crippen molar-refractivity contribution in [3.05, 3.63) is 58.6 Å². The number of hydrogen-bond acceptors (Lipinski definition) is 4. The number of halogens is 1. The summed E-state index contributed by atoms with van der Waals surface area (Å²) in [7, 11) is 2.13. The number of anilines is 2. The lowest BCUT2D eigenvalue weighted by atomic mass is 10.0. The molecule has 0 saturated carbocycles. The second-order valence-corrected chi connectivity index (χ2v) is 6.50. The number of nitrogens with two attached hydrogens (primary N) is 1. The van der Waals surface area contributed by atoms with E-state index in [1.165, 1.54) is 0 Å². The molecule has 0 unspecified atom stereocenters. The quantitative estimate of drug-likeness (QED) is 0.849. The van der Waals surface area contributed by atoms with Crippen LogP contribution in [0.5, 0.6) is 0 Å². The molecule has 1 saturated heterocycles. The van der Waals surface area contributed by atoms with Crippen molar-refractivity contribution in [1.29, 1.82) is 0 Å². The fourth-order valence-corrected chi connectivity index (χ4v) is 3.04. The molecule has 0 aliphatic carbocycles. The molecule has 4 nitrogen and oxygen atoms in total. The molecule has 1 fully saturated rings. The van der Waals surface area contributed by atoms with Gasteiger partial charge in [0, 0.05) is 31.2 Å². The Morgan fingerprint density at radius 1 is 1.00 bits per heavy atom. The van der Waals surface area contributed by atoms with E-state index in [2.05, 4.69) is 16.8 Å². The normalized spacial score (nSPS) is 17.3. The van der Waals surface area contributed by atoms with Crippen molar-refractivity contribution in [3.8, 4) is 0 Å². The molecule has 0 bridgehead atoms. The highest BCUT2D eigenvalue weighted by atomic mass is 35.5. The maximum Gasteiger partial charge on any atom is 0.104 e. The summed E-state index contributed by atoms with van der Waals surface area (Å²) in [6, 6.07) is 13.0. The Morgan fingerprint density at radius 2 is 1.61 bits per heavy atom. The fourth-order valence-electron chi connectivity index (χ4n) is 2.92. The van der Waals surface area contributed by atoms with Gasteiger partial charge in [-0.15, -0.1) is 0 Å². The molecule has 3 N–H and O–H groups in total. The predicted octanol–water partition coefficient (Wildman–Crippen LogP) is 2.76. The van der Waals surface area contributed by atoms with Gasteiger partial charge in [-0.2, -0.15) is 0 Å². The van der Waals surface area contributed by atoms with E-state index in [1.54, 1.807) is 12.1 Å². The summed E-state index contributed by atoms with van der Waals surface area (Å²) in [4.78, 5) is 4.61. The first-order valence-corrected chi connectivity index (χ1v) is 8.19. The van der Waals surface area contributed by atoms with Crippen LogP contribution in [0.4, 0.5) is 11.4 Å². The minimum absolute atomic E-state index is 0.658. The molecular weight excluding hydrogens is 310 g/mol. The Balaban J connectivity index is 1.80. The Hall–Kier alpha value is -1.75. The molecule has 1 aliphatic heterocycles. The number of hydrogen-bond donors (Lipinski definition) is 2. The SMILES string of the molecule is CN1CCN(c2ccc([C@@H](O)c3ccc(Cl)cc3)cc2N)CC1. The lowest BCUT2D eigenvalue weighted by Crippen LogP contribution is -2.44. The zero-order valence-electron chi connectivity index (χ0n) is 13.2. The zero-order chi connectivity index (χ0) is 16.4. The second kappa shape index (κ2) is 6.79. The minimum Gasteiger partial charge on any atom is -0.397 e. The van der Waals surface area contributed by atoms with Crippen molar-refractivity contribution in [2.75, 3.05) is 43.9 Å². The van der Waals surface area contributed by atoms with Crippen molar-refractivity contribution in [1.82, 2.24) is 4.90 Å². The van der Waals surface area contributed by atoms with E-state index >= 15 is 0 Å². The fraction of sp³-hybridized carbons (Fsp3) is 0.333. The van der Waals surface area contributed by atoms with Crippen LogP contribution in [-0.2, 0) is 0 Å². The minimum atomic E-state index is -0.698. The van der Waals surface area contributed by atoms with Gasteiger partial charge in [-0.1, -0.05) is 29.8 Å². The monoisotopic (exact) mass is 331 g/mol. The van der Waals surface area contributed by atoms with Gasteiger partial charge >= 0.3 is 0 Å². The number of nitrogens with zero attached hydrogens (tertiary/aromatic N) is 2. The van der Waals surface area contributed by atoms with Gasteiger partial charge in [0.15, 0.2) is 0 Å². The van der Waals surface area contributed by atoms with Gasteiger partial charge in [0.25, 0.3) is 0 Å². The molecule has 0 amide bonds. The van der Waals surface area contributed by atoms with Crippen LogP contribution in [0, 0.1) is 0 Å². The smallest absolute Gasteiger partial charge is 0.104 e. The highest BCUT2D eigenvalue weighted by molar-refractivity contribution is 6.30. The van der Waals surface area contributed by atoms with Crippen molar-refractivity contribution in [3.63, 3.8) is 0 Å². The number of aliphatic hydroxyl groups is 1. The molecule has 1 atom stereocenters. The van der Waals surface area contributed by atoms with E-state index in [1.807, 2.05) is 30.3 Å². The third kappa shape index (κ3) is 3.61. The van der Waals surface area contributed by atoms with Gasteiger partial charge in [0.2, 0.25) is 0 Å². The van der Waals surface area contributed by atoms with Gasteiger partial charge < -0.3 is 20.6 Å². The first-order chi connectivity index (χ1) is 11.0. The summed E-state index contributed by atoms with van der Waals surface area (Å²) in [5, 5.41) is 11.2. The molecule has 0 spiro atoms.